The number of aromatic nitrogens is 3. The van der Waals surface area contributed by atoms with Crippen LogP contribution in [-0.2, 0) is 31.5 Å². The Morgan fingerprint density at radius 2 is 1.86 bits per heavy atom. The van der Waals surface area contributed by atoms with Gasteiger partial charge >= 0.3 is 0 Å². The summed E-state index contributed by atoms with van der Waals surface area (Å²) in [6, 6.07) is 2.25. The van der Waals surface area contributed by atoms with Gasteiger partial charge in [-0.1, -0.05) is 33.8 Å². The second kappa shape index (κ2) is 7.05. The van der Waals surface area contributed by atoms with Crippen molar-refractivity contribution in [3.63, 3.8) is 0 Å². The topological polar surface area (TPSA) is 42.7 Å². The van der Waals surface area contributed by atoms with Crippen LogP contribution in [0.5, 0.6) is 0 Å². The van der Waals surface area contributed by atoms with E-state index in [1.165, 1.54) is 22.4 Å². The van der Waals surface area contributed by atoms with Crippen LogP contribution in [0.3, 0.4) is 0 Å². The smallest absolute Gasteiger partial charge is 0.0537 e. The minimum Gasteiger partial charge on any atom is -0.308 e. The average molecular weight is 300 g/mol. The predicted molar refractivity (Wildman–Crippen MR) is 90.8 cm³/mol. The van der Waals surface area contributed by atoms with Crippen molar-refractivity contribution in [2.45, 2.75) is 66.1 Å². The first kappa shape index (κ1) is 16.7. The Labute approximate surface area is 134 Å². The van der Waals surface area contributed by atoms with Crippen LogP contribution in [0.4, 0.5) is 0 Å². The molecule has 0 atom stereocenters. The molecule has 1 N–H and O–H groups in total. The van der Waals surface area contributed by atoms with Crippen molar-refractivity contribution < 1.29 is 0 Å². The lowest BCUT2D eigenvalue weighted by atomic mass is 9.88. The van der Waals surface area contributed by atoms with Gasteiger partial charge in [-0.2, -0.15) is 5.10 Å². The first-order valence-electron chi connectivity index (χ1n) is 8.14. The van der Waals surface area contributed by atoms with Gasteiger partial charge in [0.2, 0.25) is 0 Å². The highest BCUT2D eigenvalue weighted by Crippen LogP contribution is 2.21. The Hall–Kier alpha value is -1.68. The molecule has 0 radical (unpaired) electrons. The van der Waals surface area contributed by atoms with E-state index in [0.717, 1.165) is 26.1 Å². The van der Waals surface area contributed by atoms with Gasteiger partial charge in [0.25, 0.3) is 0 Å². The van der Waals surface area contributed by atoms with Crippen LogP contribution in [0, 0.1) is 0 Å². The summed E-state index contributed by atoms with van der Waals surface area (Å²) in [6.45, 7) is 13.6. The summed E-state index contributed by atoms with van der Waals surface area (Å²) >= 11 is 0. The normalized spacial score (nSPS) is 11.9. The number of hydrogen-bond acceptors (Lipinski definition) is 3. The molecule has 0 spiro atoms. The predicted octanol–water partition coefficient (Wildman–Crippen LogP) is 3.45. The summed E-state index contributed by atoms with van der Waals surface area (Å²) in [5, 5.41) is 7.96. The molecule has 0 saturated carbocycles. The Bertz CT molecular complexity index is 608. The number of rotatable bonds is 6. The molecule has 120 valence electrons. The number of hydrogen-bond donors (Lipinski definition) is 1. The first-order chi connectivity index (χ1) is 10.5. The maximum atomic E-state index is 4.44. The van der Waals surface area contributed by atoms with E-state index in [1.807, 2.05) is 18.6 Å². The molecule has 0 saturated heterocycles. The molecule has 2 rings (SSSR count). The van der Waals surface area contributed by atoms with Crippen LogP contribution >= 0.6 is 0 Å². The summed E-state index contributed by atoms with van der Waals surface area (Å²) in [4.78, 5) is 4.37. The molecule has 4 heteroatoms. The fourth-order valence-electron chi connectivity index (χ4n) is 2.62. The lowest BCUT2D eigenvalue weighted by Gasteiger charge is -2.19. The third-order valence-corrected chi connectivity index (χ3v) is 3.98. The largest absolute Gasteiger partial charge is 0.308 e. The van der Waals surface area contributed by atoms with E-state index in [2.05, 4.69) is 60.8 Å². The van der Waals surface area contributed by atoms with Crippen LogP contribution in [0.2, 0.25) is 0 Å². The summed E-state index contributed by atoms with van der Waals surface area (Å²) in [5.74, 6) is 0. The number of nitrogens with zero attached hydrogens (tertiary/aromatic N) is 3. The first-order valence-corrected chi connectivity index (χ1v) is 8.14. The highest BCUT2D eigenvalue weighted by molar-refractivity contribution is 5.24. The van der Waals surface area contributed by atoms with E-state index in [4.69, 9.17) is 0 Å². The number of pyridine rings is 1. The van der Waals surface area contributed by atoms with Crippen molar-refractivity contribution >= 4 is 0 Å². The third kappa shape index (κ3) is 3.95. The molecular formula is C18H28N4. The van der Waals surface area contributed by atoms with E-state index in [0.29, 0.717) is 0 Å². The zero-order valence-electron chi connectivity index (χ0n) is 14.5. The van der Waals surface area contributed by atoms with E-state index in [1.54, 1.807) is 0 Å². The molecule has 0 fully saturated rings. The lowest BCUT2D eigenvalue weighted by molar-refractivity contribution is 0.584. The molecule has 4 nitrogen and oxygen atoms in total. The molecule has 0 bridgehead atoms. The van der Waals surface area contributed by atoms with Gasteiger partial charge in [0, 0.05) is 43.3 Å². The van der Waals surface area contributed by atoms with Gasteiger partial charge in [0.05, 0.1) is 6.20 Å². The molecule has 2 aromatic rings. The lowest BCUT2D eigenvalue weighted by Crippen LogP contribution is -2.16. The molecule has 0 unspecified atom stereocenters. The minimum atomic E-state index is 0.140. The van der Waals surface area contributed by atoms with Crippen molar-refractivity contribution in [1.29, 1.82) is 0 Å². The van der Waals surface area contributed by atoms with E-state index >= 15 is 0 Å². The van der Waals surface area contributed by atoms with Crippen LogP contribution in [0.1, 0.15) is 57.0 Å². The summed E-state index contributed by atoms with van der Waals surface area (Å²) in [6.07, 6.45) is 6.91. The quantitative estimate of drug-likeness (QED) is 0.888. The Balaban J connectivity index is 1.98. The zero-order chi connectivity index (χ0) is 16.2. The summed E-state index contributed by atoms with van der Waals surface area (Å²) in [7, 11) is 0. The van der Waals surface area contributed by atoms with Crippen LogP contribution in [-0.4, -0.2) is 14.8 Å². The maximum absolute atomic E-state index is 4.44. The molecular weight excluding hydrogens is 272 g/mol. The fourth-order valence-corrected chi connectivity index (χ4v) is 2.62. The molecule has 0 amide bonds. The second-order valence-electron chi connectivity index (χ2n) is 6.72. The molecule has 2 aromatic heterocycles. The van der Waals surface area contributed by atoms with Gasteiger partial charge in [-0.15, -0.1) is 0 Å². The van der Waals surface area contributed by atoms with E-state index in [9.17, 15) is 0 Å². The van der Waals surface area contributed by atoms with Crippen molar-refractivity contribution in [2.24, 2.45) is 0 Å². The summed E-state index contributed by atoms with van der Waals surface area (Å²) in [5.41, 5.74) is 5.27. The minimum absolute atomic E-state index is 0.140. The van der Waals surface area contributed by atoms with Gasteiger partial charge in [-0.25, -0.2) is 0 Å². The Kier molecular flexibility index (Phi) is 5.35. The van der Waals surface area contributed by atoms with Crippen LogP contribution in [0.15, 0.2) is 24.7 Å². The highest BCUT2D eigenvalue weighted by atomic mass is 15.3. The van der Waals surface area contributed by atoms with Gasteiger partial charge in [0.15, 0.2) is 0 Å². The van der Waals surface area contributed by atoms with Gasteiger partial charge in [-0.05, 0) is 29.9 Å². The Morgan fingerprint density at radius 3 is 2.50 bits per heavy atom. The van der Waals surface area contributed by atoms with Crippen molar-refractivity contribution in [3.05, 3.63) is 47.0 Å². The van der Waals surface area contributed by atoms with Crippen molar-refractivity contribution in [1.82, 2.24) is 20.1 Å². The van der Waals surface area contributed by atoms with Gasteiger partial charge in [-0.3, -0.25) is 9.67 Å². The SMILES string of the molecule is CCc1c(CNCc2cncc(C(C)(C)C)c2)cnn1CC. The van der Waals surface area contributed by atoms with Crippen molar-refractivity contribution in [2.75, 3.05) is 0 Å². The summed E-state index contributed by atoms with van der Waals surface area (Å²) < 4.78 is 2.08. The van der Waals surface area contributed by atoms with E-state index in [-0.39, 0.29) is 5.41 Å². The number of aryl methyl sites for hydroxylation is 1. The average Bonchev–Trinajstić information content (AvgIpc) is 2.88. The van der Waals surface area contributed by atoms with Crippen LogP contribution < -0.4 is 5.32 Å². The van der Waals surface area contributed by atoms with Crippen molar-refractivity contribution in [3.8, 4) is 0 Å². The maximum Gasteiger partial charge on any atom is 0.0537 e. The third-order valence-electron chi connectivity index (χ3n) is 3.98. The molecule has 0 aliphatic rings. The Morgan fingerprint density at radius 1 is 1.09 bits per heavy atom. The molecule has 22 heavy (non-hydrogen) atoms. The highest BCUT2D eigenvalue weighted by Gasteiger charge is 2.14. The molecule has 0 aliphatic carbocycles. The fraction of sp³-hybridized carbons (Fsp3) is 0.556. The van der Waals surface area contributed by atoms with Crippen LogP contribution in [0.25, 0.3) is 0 Å². The monoisotopic (exact) mass is 300 g/mol. The standard InChI is InChI=1S/C18H28N4/c1-6-17-15(12-21-22(17)7-2)11-19-9-14-8-16(13-20-10-14)18(3,4)5/h8,10,12-13,19H,6-7,9,11H2,1-5H3. The van der Waals surface area contributed by atoms with Gasteiger partial charge in [0.1, 0.15) is 0 Å². The second-order valence-corrected chi connectivity index (χ2v) is 6.72. The molecule has 2 heterocycles. The van der Waals surface area contributed by atoms with E-state index < -0.39 is 0 Å². The number of nitrogens with one attached hydrogen (secondary N) is 1. The molecule has 0 aromatic carbocycles. The zero-order valence-corrected chi connectivity index (χ0v) is 14.5. The molecule has 0 aliphatic heterocycles. The van der Waals surface area contributed by atoms with Gasteiger partial charge < -0.3 is 5.32 Å².